The predicted molar refractivity (Wildman–Crippen MR) is 103 cm³/mol. The van der Waals surface area contributed by atoms with Crippen LogP contribution in [0.4, 0.5) is 8.78 Å². The van der Waals surface area contributed by atoms with E-state index in [4.69, 9.17) is 9.79 Å². The molecule has 0 aliphatic carbocycles. The van der Waals surface area contributed by atoms with Gasteiger partial charge in [-0.05, 0) is 40.1 Å². The fraction of sp³-hybridized carbons (Fsp3) is 0.0526. The number of rotatable bonds is 4. The van der Waals surface area contributed by atoms with Crippen molar-refractivity contribution in [3.8, 4) is 0 Å². The molecule has 0 aliphatic heterocycles. The highest BCUT2D eigenvalue weighted by atomic mass is 79.9. The van der Waals surface area contributed by atoms with E-state index < -0.39 is 18.8 Å². The SMILES string of the molecule is O=P(O)(O)C(F)(F)c1cc2cc(/C=C/c3ccccc3)ccc2cc1Br. The van der Waals surface area contributed by atoms with Gasteiger partial charge >= 0.3 is 13.3 Å². The molecule has 3 rings (SSSR count). The van der Waals surface area contributed by atoms with Crippen LogP contribution in [0.1, 0.15) is 16.7 Å². The molecule has 3 aromatic rings. The van der Waals surface area contributed by atoms with Gasteiger partial charge in [-0.2, -0.15) is 8.78 Å². The third kappa shape index (κ3) is 3.79. The van der Waals surface area contributed by atoms with Crippen LogP contribution in [0.25, 0.3) is 22.9 Å². The normalized spacial score (nSPS) is 12.8. The Hall–Kier alpha value is -1.85. The maximum Gasteiger partial charge on any atom is 0.399 e. The van der Waals surface area contributed by atoms with E-state index in [1.165, 1.54) is 6.07 Å². The number of halogens is 3. The molecule has 0 amide bonds. The molecular formula is C19H14BrF2O3P. The lowest BCUT2D eigenvalue weighted by Crippen LogP contribution is -2.14. The fourth-order valence-corrected chi connectivity index (χ4v) is 3.80. The van der Waals surface area contributed by atoms with E-state index in [2.05, 4.69) is 15.9 Å². The second-order valence-corrected chi connectivity index (χ2v) is 8.27. The van der Waals surface area contributed by atoms with Gasteiger partial charge < -0.3 is 9.79 Å². The van der Waals surface area contributed by atoms with E-state index in [0.29, 0.717) is 10.8 Å². The summed E-state index contributed by atoms with van der Waals surface area (Å²) in [6, 6.07) is 17.5. The minimum atomic E-state index is -5.64. The van der Waals surface area contributed by atoms with Gasteiger partial charge in [0.15, 0.2) is 0 Å². The van der Waals surface area contributed by atoms with Crippen molar-refractivity contribution in [3.05, 3.63) is 81.8 Å². The third-order valence-electron chi connectivity index (χ3n) is 3.91. The first-order valence-corrected chi connectivity index (χ1v) is 9.99. The van der Waals surface area contributed by atoms with Crippen LogP contribution in [-0.4, -0.2) is 9.79 Å². The molecule has 0 atom stereocenters. The predicted octanol–water partition coefficient (Wildman–Crippen LogP) is 6.00. The van der Waals surface area contributed by atoms with Crippen LogP contribution in [0.3, 0.4) is 0 Å². The Balaban J connectivity index is 2.05. The third-order valence-corrected chi connectivity index (χ3v) is 5.54. The van der Waals surface area contributed by atoms with E-state index in [-0.39, 0.29) is 4.47 Å². The molecule has 0 spiro atoms. The number of benzene rings is 3. The minimum absolute atomic E-state index is 0.0501. The summed E-state index contributed by atoms with van der Waals surface area (Å²) in [6.07, 6.45) is 3.74. The number of hydrogen-bond acceptors (Lipinski definition) is 1. The summed E-state index contributed by atoms with van der Waals surface area (Å²) >= 11 is 2.99. The van der Waals surface area contributed by atoms with Crippen molar-refractivity contribution in [2.24, 2.45) is 0 Å². The van der Waals surface area contributed by atoms with Crippen molar-refractivity contribution < 1.29 is 23.1 Å². The average Bonchev–Trinajstić information content (AvgIpc) is 2.59. The maximum absolute atomic E-state index is 14.1. The van der Waals surface area contributed by atoms with Gasteiger partial charge in [0.05, 0.1) is 0 Å². The summed E-state index contributed by atoms with van der Waals surface area (Å²) in [7, 11) is -5.64. The summed E-state index contributed by atoms with van der Waals surface area (Å²) < 4.78 is 39.4. The number of alkyl halides is 2. The van der Waals surface area contributed by atoms with Crippen LogP contribution in [0.15, 0.2) is 65.1 Å². The smallest absolute Gasteiger partial charge is 0.320 e. The van der Waals surface area contributed by atoms with Crippen molar-refractivity contribution >= 4 is 46.5 Å². The van der Waals surface area contributed by atoms with Gasteiger partial charge in [-0.25, -0.2) is 0 Å². The van der Waals surface area contributed by atoms with E-state index in [1.54, 1.807) is 12.1 Å². The van der Waals surface area contributed by atoms with Gasteiger partial charge in [-0.1, -0.05) is 70.5 Å². The Labute approximate surface area is 157 Å². The molecule has 0 aromatic heterocycles. The number of fused-ring (bicyclic) bond motifs is 1. The molecule has 134 valence electrons. The molecule has 0 fully saturated rings. The molecule has 7 heteroatoms. The first-order valence-electron chi connectivity index (χ1n) is 7.59. The zero-order valence-electron chi connectivity index (χ0n) is 13.3. The molecule has 0 saturated heterocycles. The first-order chi connectivity index (χ1) is 12.2. The highest BCUT2D eigenvalue weighted by molar-refractivity contribution is 9.10. The molecule has 3 aromatic carbocycles. The minimum Gasteiger partial charge on any atom is -0.320 e. The highest BCUT2D eigenvalue weighted by Crippen LogP contribution is 2.60. The second kappa shape index (κ2) is 7.05. The van der Waals surface area contributed by atoms with E-state index in [1.807, 2.05) is 48.6 Å². The van der Waals surface area contributed by atoms with Crippen molar-refractivity contribution in [3.63, 3.8) is 0 Å². The molecule has 0 aliphatic rings. The molecule has 0 radical (unpaired) electrons. The molecular weight excluding hydrogens is 425 g/mol. The summed E-state index contributed by atoms with van der Waals surface area (Å²) in [6.45, 7) is 0. The molecule has 3 nitrogen and oxygen atoms in total. The summed E-state index contributed by atoms with van der Waals surface area (Å²) in [4.78, 5) is 18.0. The first kappa shape index (κ1) is 18.9. The topological polar surface area (TPSA) is 57.5 Å². The van der Waals surface area contributed by atoms with E-state index in [9.17, 15) is 13.3 Å². The van der Waals surface area contributed by atoms with Crippen molar-refractivity contribution in [1.82, 2.24) is 0 Å². The van der Waals surface area contributed by atoms with E-state index in [0.717, 1.165) is 17.2 Å². The van der Waals surface area contributed by atoms with Gasteiger partial charge in [-0.3, -0.25) is 4.57 Å². The largest absolute Gasteiger partial charge is 0.399 e. The molecule has 2 N–H and O–H groups in total. The Kier molecular flexibility index (Phi) is 5.13. The van der Waals surface area contributed by atoms with Crippen molar-refractivity contribution in [1.29, 1.82) is 0 Å². The van der Waals surface area contributed by atoms with Crippen molar-refractivity contribution in [2.45, 2.75) is 5.66 Å². The van der Waals surface area contributed by atoms with Crippen LogP contribution in [0, 0.1) is 0 Å². The van der Waals surface area contributed by atoms with Crippen molar-refractivity contribution in [2.75, 3.05) is 0 Å². The van der Waals surface area contributed by atoms with Gasteiger partial charge in [0.25, 0.3) is 0 Å². The van der Waals surface area contributed by atoms with Gasteiger partial charge in [0, 0.05) is 10.0 Å². The Bertz CT molecular complexity index is 1030. The highest BCUT2D eigenvalue weighted by Gasteiger charge is 2.51. The molecule has 26 heavy (non-hydrogen) atoms. The zero-order valence-corrected chi connectivity index (χ0v) is 15.8. The summed E-state index contributed by atoms with van der Waals surface area (Å²) in [5, 5.41) is 1.14. The van der Waals surface area contributed by atoms with Gasteiger partial charge in [0.1, 0.15) is 0 Å². The standard InChI is InChI=1S/C19H14BrF2O3P/c20-18-12-15-9-8-14(7-6-13-4-2-1-3-5-13)10-16(15)11-17(18)19(21,22)26(23,24)25/h1-12H,(H2,23,24,25)/b7-6+. The fourth-order valence-electron chi connectivity index (χ4n) is 2.54. The maximum atomic E-state index is 14.1. The van der Waals surface area contributed by atoms with E-state index >= 15 is 0 Å². The summed E-state index contributed by atoms with van der Waals surface area (Å²) in [5.41, 5.74) is -3.22. The van der Waals surface area contributed by atoms with Gasteiger partial charge in [0.2, 0.25) is 0 Å². The lowest BCUT2D eigenvalue weighted by Gasteiger charge is -2.20. The quantitative estimate of drug-likeness (QED) is 0.387. The zero-order chi connectivity index (χ0) is 18.9. The monoisotopic (exact) mass is 438 g/mol. The summed E-state index contributed by atoms with van der Waals surface area (Å²) in [5.74, 6) is 0. The Morgan fingerprint density at radius 2 is 1.54 bits per heavy atom. The molecule has 0 heterocycles. The molecule has 0 unspecified atom stereocenters. The van der Waals surface area contributed by atoms with Crippen LogP contribution in [0.2, 0.25) is 0 Å². The molecule has 0 bridgehead atoms. The number of hydrogen-bond donors (Lipinski definition) is 2. The van der Waals surface area contributed by atoms with Gasteiger partial charge in [-0.15, -0.1) is 0 Å². The Morgan fingerprint density at radius 1 is 0.885 bits per heavy atom. The van der Waals surface area contributed by atoms with Crippen LogP contribution < -0.4 is 0 Å². The Morgan fingerprint density at radius 3 is 2.19 bits per heavy atom. The lowest BCUT2D eigenvalue weighted by molar-refractivity contribution is 0.0559. The van der Waals surface area contributed by atoms with Crippen LogP contribution in [0.5, 0.6) is 0 Å². The van der Waals surface area contributed by atoms with Crippen LogP contribution in [-0.2, 0) is 10.2 Å². The average molecular weight is 439 g/mol. The van der Waals surface area contributed by atoms with Crippen LogP contribution >= 0.6 is 23.5 Å². The lowest BCUT2D eigenvalue weighted by atomic mass is 10.0. The molecule has 0 saturated carbocycles. The second-order valence-electron chi connectivity index (χ2n) is 5.77.